The minimum Gasteiger partial charge on any atom is -0.368 e. The minimum atomic E-state index is 0.329. The molecule has 0 fully saturated rings. The molecule has 0 saturated heterocycles. The standard InChI is InChI=1S/C6H6ClN.C5H7N3/c1-5-2-3-8-6(7)4-5;1-4-2-7-5(6)8-3-4/h2-4H,1H3;2-3H,1H3,(H2,6,7,8). The number of aryl methyl sites for hydroxylation is 2. The Morgan fingerprint density at radius 1 is 1.06 bits per heavy atom. The van der Waals surface area contributed by atoms with Crippen LogP contribution in [0.1, 0.15) is 11.1 Å². The van der Waals surface area contributed by atoms with Crippen molar-refractivity contribution in [2.75, 3.05) is 5.73 Å². The summed E-state index contributed by atoms with van der Waals surface area (Å²) >= 11 is 5.53. The van der Waals surface area contributed by atoms with Crippen molar-refractivity contribution in [1.29, 1.82) is 0 Å². The highest BCUT2D eigenvalue weighted by Gasteiger charge is 1.84. The predicted molar refractivity (Wildman–Crippen MR) is 65.2 cm³/mol. The molecular weight excluding hydrogens is 224 g/mol. The summed E-state index contributed by atoms with van der Waals surface area (Å²) in [6.07, 6.45) is 5.06. The van der Waals surface area contributed by atoms with Gasteiger partial charge in [0.15, 0.2) is 0 Å². The Hall–Kier alpha value is -1.68. The van der Waals surface area contributed by atoms with Gasteiger partial charge >= 0.3 is 0 Å². The number of nitrogens with two attached hydrogens (primary N) is 1. The highest BCUT2D eigenvalue weighted by Crippen LogP contribution is 2.04. The molecule has 2 aromatic heterocycles. The van der Waals surface area contributed by atoms with E-state index in [4.69, 9.17) is 17.3 Å². The summed E-state index contributed by atoms with van der Waals surface area (Å²) in [5.74, 6) is 0.329. The van der Waals surface area contributed by atoms with Crippen molar-refractivity contribution in [2.24, 2.45) is 0 Å². The van der Waals surface area contributed by atoms with Crippen molar-refractivity contribution in [3.8, 4) is 0 Å². The van der Waals surface area contributed by atoms with Crippen LogP contribution in [0.15, 0.2) is 30.7 Å². The Morgan fingerprint density at radius 2 is 1.69 bits per heavy atom. The number of hydrogen-bond donors (Lipinski definition) is 1. The Balaban J connectivity index is 0.000000160. The van der Waals surface area contributed by atoms with Crippen molar-refractivity contribution < 1.29 is 0 Å². The third-order valence-corrected chi connectivity index (χ3v) is 1.89. The van der Waals surface area contributed by atoms with E-state index in [-0.39, 0.29) is 0 Å². The molecular formula is C11H13ClN4. The normalized spacial score (nSPS) is 9.19. The molecule has 0 aliphatic heterocycles. The van der Waals surface area contributed by atoms with E-state index in [0.29, 0.717) is 11.1 Å². The van der Waals surface area contributed by atoms with Crippen LogP contribution in [0, 0.1) is 13.8 Å². The number of anilines is 1. The van der Waals surface area contributed by atoms with Gasteiger partial charge in [0.05, 0.1) is 0 Å². The first-order chi connectivity index (χ1) is 7.58. The second kappa shape index (κ2) is 6.02. The zero-order valence-electron chi connectivity index (χ0n) is 9.18. The maximum Gasteiger partial charge on any atom is 0.219 e. The maximum absolute atomic E-state index is 5.53. The first-order valence-corrected chi connectivity index (χ1v) is 5.08. The van der Waals surface area contributed by atoms with Gasteiger partial charge in [-0.3, -0.25) is 0 Å². The molecule has 2 rings (SSSR count). The summed E-state index contributed by atoms with van der Waals surface area (Å²) < 4.78 is 0. The fourth-order valence-corrected chi connectivity index (χ4v) is 1.13. The fraction of sp³-hybridized carbons (Fsp3) is 0.182. The lowest BCUT2D eigenvalue weighted by Crippen LogP contribution is -1.92. The molecule has 2 aromatic rings. The highest BCUT2D eigenvalue weighted by atomic mass is 35.5. The first-order valence-electron chi connectivity index (χ1n) is 4.70. The van der Waals surface area contributed by atoms with Crippen LogP contribution < -0.4 is 5.73 Å². The van der Waals surface area contributed by atoms with Gasteiger partial charge in [-0.2, -0.15) is 0 Å². The quantitative estimate of drug-likeness (QED) is 0.714. The second-order valence-corrected chi connectivity index (χ2v) is 3.66. The maximum atomic E-state index is 5.53. The third kappa shape index (κ3) is 4.70. The zero-order chi connectivity index (χ0) is 12.0. The second-order valence-electron chi connectivity index (χ2n) is 3.27. The molecule has 0 atom stereocenters. The number of pyridine rings is 1. The molecule has 16 heavy (non-hydrogen) atoms. The molecule has 2 N–H and O–H groups in total. The van der Waals surface area contributed by atoms with Gasteiger partial charge in [-0.1, -0.05) is 11.6 Å². The Morgan fingerprint density at radius 3 is 2.06 bits per heavy atom. The molecule has 0 bridgehead atoms. The van der Waals surface area contributed by atoms with Crippen LogP contribution in [0.4, 0.5) is 5.95 Å². The average molecular weight is 237 g/mol. The van der Waals surface area contributed by atoms with Crippen molar-refractivity contribution in [2.45, 2.75) is 13.8 Å². The van der Waals surface area contributed by atoms with Crippen LogP contribution in [0.5, 0.6) is 0 Å². The summed E-state index contributed by atoms with van der Waals surface area (Å²) in [5, 5.41) is 0.560. The van der Waals surface area contributed by atoms with Gasteiger partial charge in [-0.25, -0.2) is 15.0 Å². The topological polar surface area (TPSA) is 64.7 Å². The van der Waals surface area contributed by atoms with Crippen LogP contribution in [0.3, 0.4) is 0 Å². The van der Waals surface area contributed by atoms with Gasteiger partial charge in [0.1, 0.15) is 5.15 Å². The van der Waals surface area contributed by atoms with E-state index in [9.17, 15) is 0 Å². The van der Waals surface area contributed by atoms with E-state index >= 15 is 0 Å². The van der Waals surface area contributed by atoms with E-state index in [0.717, 1.165) is 11.1 Å². The molecule has 0 aliphatic rings. The van der Waals surface area contributed by atoms with E-state index in [1.165, 1.54) is 0 Å². The van der Waals surface area contributed by atoms with Crippen molar-refractivity contribution in [3.05, 3.63) is 47.0 Å². The summed E-state index contributed by atoms with van der Waals surface area (Å²) in [6.45, 7) is 3.90. The largest absolute Gasteiger partial charge is 0.368 e. The number of nitrogens with zero attached hydrogens (tertiary/aromatic N) is 3. The minimum absolute atomic E-state index is 0.329. The molecule has 0 spiro atoms. The number of aromatic nitrogens is 3. The molecule has 2 heterocycles. The van der Waals surface area contributed by atoms with Crippen LogP contribution in [0.25, 0.3) is 0 Å². The molecule has 0 unspecified atom stereocenters. The van der Waals surface area contributed by atoms with Crippen LogP contribution in [-0.4, -0.2) is 15.0 Å². The monoisotopic (exact) mass is 236 g/mol. The number of rotatable bonds is 0. The van der Waals surface area contributed by atoms with Gasteiger partial charge < -0.3 is 5.73 Å². The fourth-order valence-electron chi connectivity index (χ4n) is 0.902. The van der Waals surface area contributed by atoms with E-state index in [1.807, 2.05) is 26.0 Å². The summed E-state index contributed by atoms with van der Waals surface area (Å²) in [4.78, 5) is 11.3. The van der Waals surface area contributed by atoms with E-state index < -0.39 is 0 Å². The highest BCUT2D eigenvalue weighted by molar-refractivity contribution is 6.29. The van der Waals surface area contributed by atoms with Crippen LogP contribution >= 0.6 is 11.6 Å². The van der Waals surface area contributed by atoms with Crippen LogP contribution in [0.2, 0.25) is 5.15 Å². The van der Waals surface area contributed by atoms with E-state index in [2.05, 4.69) is 15.0 Å². The van der Waals surface area contributed by atoms with Gasteiger partial charge in [-0.05, 0) is 37.1 Å². The van der Waals surface area contributed by atoms with Crippen molar-refractivity contribution in [1.82, 2.24) is 15.0 Å². The van der Waals surface area contributed by atoms with Crippen molar-refractivity contribution in [3.63, 3.8) is 0 Å². The Labute approximate surface area is 99.5 Å². The van der Waals surface area contributed by atoms with Gasteiger partial charge in [-0.15, -0.1) is 0 Å². The zero-order valence-corrected chi connectivity index (χ0v) is 9.94. The lowest BCUT2D eigenvalue weighted by atomic mass is 10.3. The number of hydrogen-bond acceptors (Lipinski definition) is 4. The first kappa shape index (κ1) is 12.4. The Bertz CT molecular complexity index is 404. The summed E-state index contributed by atoms with van der Waals surface area (Å²) in [7, 11) is 0. The molecule has 0 amide bonds. The lowest BCUT2D eigenvalue weighted by Gasteiger charge is -1.88. The lowest BCUT2D eigenvalue weighted by molar-refractivity contribution is 1.15. The molecule has 4 nitrogen and oxygen atoms in total. The molecule has 0 aliphatic carbocycles. The predicted octanol–water partition coefficient (Wildman–Crippen LogP) is 2.41. The third-order valence-electron chi connectivity index (χ3n) is 1.68. The number of nitrogen functional groups attached to an aromatic ring is 1. The summed E-state index contributed by atoms with van der Waals surface area (Å²) in [5.41, 5.74) is 7.38. The van der Waals surface area contributed by atoms with Gasteiger partial charge in [0.2, 0.25) is 5.95 Å². The molecule has 0 saturated carbocycles. The smallest absolute Gasteiger partial charge is 0.219 e. The molecule has 84 valence electrons. The molecule has 0 aromatic carbocycles. The van der Waals surface area contributed by atoms with Crippen LogP contribution in [-0.2, 0) is 0 Å². The number of halogens is 1. The molecule has 5 heteroatoms. The average Bonchev–Trinajstić information content (AvgIpc) is 2.23. The van der Waals surface area contributed by atoms with E-state index in [1.54, 1.807) is 18.6 Å². The van der Waals surface area contributed by atoms with Crippen molar-refractivity contribution >= 4 is 17.5 Å². The van der Waals surface area contributed by atoms with Gasteiger partial charge in [0, 0.05) is 18.6 Å². The SMILES string of the molecule is Cc1ccnc(Cl)c1.Cc1cnc(N)nc1. The summed E-state index contributed by atoms with van der Waals surface area (Å²) in [6, 6.07) is 3.73. The molecule has 0 radical (unpaired) electrons. The van der Waals surface area contributed by atoms with Gasteiger partial charge in [0.25, 0.3) is 0 Å². The Kier molecular flexibility index (Phi) is 4.66.